The van der Waals surface area contributed by atoms with E-state index in [0.717, 1.165) is 55.1 Å². The first-order valence-corrected chi connectivity index (χ1v) is 12.4. The molecule has 7 nitrogen and oxygen atoms in total. The maximum Gasteiger partial charge on any atom is 0.414 e. The Labute approximate surface area is 219 Å². The second kappa shape index (κ2) is 12.5. The molecule has 200 valence electrons. The van der Waals surface area contributed by atoms with Gasteiger partial charge in [0.25, 0.3) is 0 Å². The van der Waals surface area contributed by atoms with Gasteiger partial charge in [0.05, 0.1) is 0 Å². The lowest BCUT2D eigenvalue weighted by Gasteiger charge is -2.38. The molecule has 2 N–H and O–H groups in total. The van der Waals surface area contributed by atoms with Crippen molar-refractivity contribution < 1.29 is 38.1 Å². The summed E-state index contributed by atoms with van der Waals surface area (Å²) in [4.78, 5) is 20.6. The highest BCUT2D eigenvalue weighted by molar-refractivity contribution is 6.27. The predicted octanol–water partition coefficient (Wildman–Crippen LogP) is 4.80. The van der Waals surface area contributed by atoms with E-state index < -0.39 is 11.9 Å². The summed E-state index contributed by atoms with van der Waals surface area (Å²) in [5.41, 5.74) is 2.16. The number of nitrogens with zero attached hydrogens (tertiary/aromatic N) is 1. The van der Waals surface area contributed by atoms with Crippen LogP contribution in [0, 0.1) is 17.6 Å². The summed E-state index contributed by atoms with van der Waals surface area (Å²) in [6.07, 6.45) is 2.05. The van der Waals surface area contributed by atoms with Crippen molar-refractivity contribution in [1.29, 1.82) is 0 Å². The second-order valence-electron chi connectivity index (χ2n) is 9.33. The molecule has 2 aliphatic rings. The zero-order chi connectivity index (χ0) is 27.1. The van der Waals surface area contributed by atoms with E-state index in [9.17, 15) is 8.78 Å². The summed E-state index contributed by atoms with van der Waals surface area (Å²) in [6, 6.07) is 21.3. The number of para-hydroxylation sites is 2. The Kier molecular flexibility index (Phi) is 8.91. The number of likely N-dealkylation sites (tertiary alicyclic amines) is 1. The lowest BCUT2D eigenvalue weighted by Crippen LogP contribution is -2.44. The van der Waals surface area contributed by atoms with Gasteiger partial charge in [0.1, 0.15) is 24.3 Å². The minimum absolute atomic E-state index is 0.0199. The third-order valence-corrected chi connectivity index (χ3v) is 6.77. The number of aliphatic carboxylic acids is 2. The van der Waals surface area contributed by atoms with Gasteiger partial charge in [-0.05, 0) is 79.4 Å². The van der Waals surface area contributed by atoms with Gasteiger partial charge in [0.2, 0.25) is 0 Å². The maximum atomic E-state index is 13.5. The maximum absolute atomic E-state index is 13.5. The van der Waals surface area contributed by atoms with Gasteiger partial charge in [-0.1, -0.05) is 36.4 Å². The van der Waals surface area contributed by atoms with Crippen molar-refractivity contribution >= 4 is 11.9 Å². The molecule has 0 aromatic heterocycles. The highest BCUT2D eigenvalue weighted by Crippen LogP contribution is 2.38. The summed E-state index contributed by atoms with van der Waals surface area (Å²) >= 11 is 0. The van der Waals surface area contributed by atoms with E-state index in [1.54, 1.807) is 0 Å². The average molecular weight is 526 g/mol. The van der Waals surface area contributed by atoms with Gasteiger partial charge in [-0.15, -0.1) is 0 Å². The van der Waals surface area contributed by atoms with Gasteiger partial charge in [-0.2, -0.15) is 0 Å². The predicted molar refractivity (Wildman–Crippen MR) is 135 cm³/mol. The second-order valence-corrected chi connectivity index (χ2v) is 9.33. The lowest BCUT2D eigenvalue weighted by atomic mass is 9.76. The van der Waals surface area contributed by atoms with Crippen LogP contribution in [-0.2, 0) is 9.59 Å². The fourth-order valence-electron chi connectivity index (χ4n) is 4.99. The monoisotopic (exact) mass is 525 g/mol. The minimum atomic E-state index is -1.82. The van der Waals surface area contributed by atoms with Crippen molar-refractivity contribution in [3.8, 4) is 11.5 Å². The lowest BCUT2D eigenvalue weighted by molar-refractivity contribution is -0.159. The van der Waals surface area contributed by atoms with Crippen LogP contribution in [-0.4, -0.2) is 59.4 Å². The van der Waals surface area contributed by atoms with Crippen LogP contribution in [0.2, 0.25) is 0 Å². The number of piperidine rings is 1. The number of ether oxygens (including phenoxy) is 2. The van der Waals surface area contributed by atoms with Crippen LogP contribution in [0.5, 0.6) is 11.5 Å². The topological polar surface area (TPSA) is 96.3 Å². The number of carboxylic acid groups (broad SMARTS) is 2. The first-order valence-electron chi connectivity index (χ1n) is 12.4. The van der Waals surface area contributed by atoms with Crippen molar-refractivity contribution in [2.24, 2.45) is 5.92 Å². The quantitative estimate of drug-likeness (QED) is 0.462. The normalized spacial score (nSPS) is 17.4. The highest BCUT2D eigenvalue weighted by atomic mass is 19.1. The minimum Gasteiger partial charge on any atom is -0.486 e. The summed E-state index contributed by atoms with van der Waals surface area (Å²) in [6.45, 7) is 3.32. The summed E-state index contributed by atoms with van der Waals surface area (Å²) in [5, 5.41) is 14.8. The Morgan fingerprint density at radius 3 is 1.82 bits per heavy atom. The molecule has 3 aromatic rings. The van der Waals surface area contributed by atoms with Crippen LogP contribution in [0.25, 0.3) is 0 Å². The standard InChI is InChI=1S/C27H27F2NO2.C2H2O4/c28-22-9-5-19(6-10-22)27(20-7-11-23(29)12-8-20)21-13-15-30(16-14-21)17-24-18-31-25-3-1-2-4-26(25)32-24;3-1(4)2(5)6/h1-12,21,24,27H,13-18H2;(H,3,4)(H,5,6). The van der Waals surface area contributed by atoms with Crippen LogP contribution in [0.1, 0.15) is 29.9 Å². The van der Waals surface area contributed by atoms with Gasteiger partial charge in [0.15, 0.2) is 11.5 Å². The molecule has 1 atom stereocenters. The molecule has 38 heavy (non-hydrogen) atoms. The van der Waals surface area contributed by atoms with Crippen LogP contribution in [0.3, 0.4) is 0 Å². The van der Waals surface area contributed by atoms with Crippen molar-refractivity contribution in [1.82, 2.24) is 4.90 Å². The number of carbonyl (C=O) groups is 2. The number of benzene rings is 3. The van der Waals surface area contributed by atoms with Crippen molar-refractivity contribution in [2.45, 2.75) is 24.9 Å². The average Bonchev–Trinajstić information content (AvgIpc) is 2.92. The third-order valence-electron chi connectivity index (χ3n) is 6.77. The molecule has 0 spiro atoms. The molecular formula is C29H29F2NO6. The van der Waals surface area contributed by atoms with Gasteiger partial charge in [0, 0.05) is 12.5 Å². The molecule has 0 bridgehead atoms. The smallest absolute Gasteiger partial charge is 0.414 e. The molecule has 1 saturated heterocycles. The SMILES string of the molecule is Fc1ccc(C(c2ccc(F)cc2)C2CCN(CC3COc4ccccc4O3)CC2)cc1.O=C(O)C(=O)O. The number of hydrogen-bond donors (Lipinski definition) is 2. The Hall–Kier alpha value is -3.98. The molecular weight excluding hydrogens is 496 g/mol. The number of halogens is 2. The zero-order valence-corrected chi connectivity index (χ0v) is 20.6. The molecule has 9 heteroatoms. The van der Waals surface area contributed by atoms with E-state index in [-0.39, 0.29) is 23.7 Å². The van der Waals surface area contributed by atoms with Crippen LogP contribution >= 0.6 is 0 Å². The number of rotatable bonds is 5. The van der Waals surface area contributed by atoms with E-state index in [1.807, 2.05) is 48.5 Å². The van der Waals surface area contributed by atoms with E-state index >= 15 is 0 Å². The number of carboxylic acids is 2. The molecule has 5 rings (SSSR count). The van der Waals surface area contributed by atoms with Gasteiger partial charge < -0.3 is 19.7 Å². The summed E-state index contributed by atoms with van der Waals surface area (Å²) < 4.78 is 39.1. The molecule has 1 unspecified atom stereocenters. The summed E-state index contributed by atoms with van der Waals surface area (Å²) in [7, 11) is 0. The van der Waals surface area contributed by atoms with Gasteiger partial charge in [-0.3, -0.25) is 4.90 Å². The van der Waals surface area contributed by atoms with Crippen molar-refractivity contribution in [3.63, 3.8) is 0 Å². The molecule has 0 amide bonds. The van der Waals surface area contributed by atoms with Gasteiger partial charge in [-0.25, -0.2) is 18.4 Å². The van der Waals surface area contributed by atoms with Crippen LogP contribution < -0.4 is 9.47 Å². The Bertz CT molecular complexity index is 1170. The first-order chi connectivity index (χ1) is 18.3. The first kappa shape index (κ1) is 27.1. The fraction of sp³-hybridized carbons (Fsp3) is 0.310. The zero-order valence-electron chi connectivity index (χ0n) is 20.6. The number of hydrogen-bond acceptors (Lipinski definition) is 5. The van der Waals surface area contributed by atoms with Crippen molar-refractivity contribution in [2.75, 3.05) is 26.2 Å². The highest BCUT2D eigenvalue weighted by Gasteiger charge is 2.31. The molecule has 1 fully saturated rings. The Balaban J connectivity index is 0.000000505. The van der Waals surface area contributed by atoms with E-state index in [1.165, 1.54) is 24.3 Å². The van der Waals surface area contributed by atoms with E-state index in [4.69, 9.17) is 29.3 Å². The Morgan fingerprint density at radius 2 is 1.32 bits per heavy atom. The van der Waals surface area contributed by atoms with E-state index in [2.05, 4.69) is 4.90 Å². The van der Waals surface area contributed by atoms with Crippen LogP contribution in [0.4, 0.5) is 8.78 Å². The number of fused-ring (bicyclic) bond motifs is 1. The largest absolute Gasteiger partial charge is 0.486 e. The van der Waals surface area contributed by atoms with Gasteiger partial charge >= 0.3 is 11.9 Å². The molecule has 2 heterocycles. The van der Waals surface area contributed by atoms with E-state index in [0.29, 0.717) is 12.5 Å². The van der Waals surface area contributed by atoms with Crippen molar-refractivity contribution in [3.05, 3.63) is 95.6 Å². The third kappa shape index (κ3) is 7.07. The Morgan fingerprint density at radius 1 is 0.816 bits per heavy atom. The molecule has 2 aliphatic heterocycles. The molecule has 3 aromatic carbocycles. The molecule has 0 saturated carbocycles. The molecule has 0 radical (unpaired) electrons. The fourth-order valence-corrected chi connectivity index (χ4v) is 4.99. The van der Waals surface area contributed by atoms with Crippen LogP contribution in [0.15, 0.2) is 72.8 Å². The summed E-state index contributed by atoms with van der Waals surface area (Å²) in [5.74, 6) is -1.97. The molecule has 0 aliphatic carbocycles.